The maximum atomic E-state index is 12.7. The second-order valence-corrected chi connectivity index (χ2v) is 7.73. The fourth-order valence-corrected chi connectivity index (χ4v) is 5.19. The largest absolute Gasteiger partial charge is 0.315 e. The number of benzene rings is 1. The number of sulfonamides is 1. The molecule has 112 valence electrons. The minimum atomic E-state index is -3.30. The lowest BCUT2D eigenvalue weighted by molar-refractivity contribution is 0.217. The zero-order valence-electron chi connectivity index (χ0n) is 11.8. The molecule has 2 heterocycles. The number of piperidine rings is 1. The van der Waals surface area contributed by atoms with Gasteiger partial charge in [0.1, 0.15) is 0 Å². The van der Waals surface area contributed by atoms with Crippen molar-refractivity contribution in [2.75, 3.05) is 19.6 Å². The first kappa shape index (κ1) is 14.5. The molecule has 1 N–H and O–H groups in total. The van der Waals surface area contributed by atoms with E-state index in [1.165, 1.54) is 0 Å². The van der Waals surface area contributed by atoms with Gasteiger partial charge in [0, 0.05) is 19.1 Å². The van der Waals surface area contributed by atoms with Crippen molar-refractivity contribution < 1.29 is 8.42 Å². The Bertz CT molecular complexity index is 648. The Balaban J connectivity index is 1.78. The molecule has 1 aromatic carbocycles. The second kappa shape index (κ2) is 5.76. The van der Waals surface area contributed by atoms with Gasteiger partial charge in [0.25, 0.3) is 0 Å². The first-order chi connectivity index (χ1) is 10.1. The third-order valence-corrected chi connectivity index (χ3v) is 6.28. The lowest BCUT2D eigenvalue weighted by Crippen LogP contribution is -2.48. The molecule has 2 saturated heterocycles. The van der Waals surface area contributed by atoms with Crippen molar-refractivity contribution in [1.82, 2.24) is 9.62 Å². The Hall–Kier alpha value is -1.42. The van der Waals surface area contributed by atoms with Crippen LogP contribution in [0.5, 0.6) is 0 Å². The van der Waals surface area contributed by atoms with Gasteiger partial charge in [-0.05, 0) is 43.0 Å². The molecule has 2 aliphatic rings. The smallest absolute Gasteiger partial charge is 0.218 e. The van der Waals surface area contributed by atoms with Crippen molar-refractivity contribution in [3.8, 4) is 6.07 Å². The summed E-state index contributed by atoms with van der Waals surface area (Å²) < 4.78 is 27.1. The zero-order chi connectivity index (χ0) is 14.9. The van der Waals surface area contributed by atoms with E-state index in [9.17, 15) is 8.42 Å². The number of nitrogens with one attached hydrogen (secondary N) is 1. The molecule has 2 fully saturated rings. The van der Waals surface area contributed by atoms with Crippen molar-refractivity contribution in [1.29, 1.82) is 5.26 Å². The summed E-state index contributed by atoms with van der Waals surface area (Å²) in [5.74, 6) is 0.469. The molecule has 1 aromatic rings. The molecule has 2 aliphatic heterocycles. The zero-order valence-corrected chi connectivity index (χ0v) is 12.6. The van der Waals surface area contributed by atoms with Gasteiger partial charge in [-0.25, -0.2) is 8.42 Å². The minimum Gasteiger partial charge on any atom is -0.315 e. The van der Waals surface area contributed by atoms with Gasteiger partial charge < -0.3 is 5.32 Å². The molecule has 6 heteroatoms. The van der Waals surface area contributed by atoms with E-state index in [0.29, 0.717) is 18.0 Å². The van der Waals surface area contributed by atoms with Gasteiger partial charge in [-0.1, -0.05) is 12.1 Å². The van der Waals surface area contributed by atoms with E-state index in [4.69, 9.17) is 5.26 Å². The SMILES string of the molecule is N#Cc1ccc(CS(=O)(=O)N2CCCC3CNCC32)cc1. The summed E-state index contributed by atoms with van der Waals surface area (Å²) in [4.78, 5) is 0. The monoisotopic (exact) mass is 305 g/mol. The number of fused-ring (bicyclic) bond motifs is 1. The van der Waals surface area contributed by atoms with E-state index in [0.717, 1.165) is 31.5 Å². The Kier molecular flexibility index (Phi) is 3.98. The summed E-state index contributed by atoms with van der Waals surface area (Å²) in [5, 5.41) is 12.1. The predicted molar refractivity (Wildman–Crippen MR) is 79.9 cm³/mol. The third-order valence-electron chi connectivity index (χ3n) is 4.42. The van der Waals surface area contributed by atoms with Crippen LogP contribution in [0.2, 0.25) is 0 Å². The van der Waals surface area contributed by atoms with Gasteiger partial charge >= 0.3 is 0 Å². The van der Waals surface area contributed by atoms with Crippen LogP contribution in [0.1, 0.15) is 24.0 Å². The fraction of sp³-hybridized carbons (Fsp3) is 0.533. The van der Waals surface area contributed by atoms with Crippen LogP contribution >= 0.6 is 0 Å². The Morgan fingerprint density at radius 3 is 2.76 bits per heavy atom. The Morgan fingerprint density at radius 2 is 2.05 bits per heavy atom. The van der Waals surface area contributed by atoms with Crippen molar-refractivity contribution >= 4 is 10.0 Å². The standard InChI is InChI=1S/C15H19N3O2S/c16-8-12-3-5-13(6-4-12)11-21(19,20)18-7-1-2-14-9-17-10-15(14)18/h3-6,14-15,17H,1-2,7,9-11H2. The predicted octanol–water partition coefficient (Wildman–Crippen LogP) is 1.07. The Morgan fingerprint density at radius 1 is 1.29 bits per heavy atom. The van der Waals surface area contributed by atoms with Crippen LogP contribution in [0.3, 0.4) is 0 Å². The average molecular weight is 305 g/mol. The van der Waals surface area contributed by atoms with Gasteiger partial charge in [0.15, 0.2) is 0 Å². The first-order valence-corrected chi connectivity index (χ1v) is 8.90. The van der Waals surface area contributed by atoms with E-state index in [1.807, 2.05) is 6.07 Å². The topological polar surface area (TPSA) is 73.2 Å². The molecule has 2 atom stereocenters. The van der Waals surface area contributed by atoms with Gasteiger partial charge in [-0.2, -0.15) is 9.57 Å². The van der Waals surface area contributed by atoms with E-state index >= 15 is 0 Å². The summed E-state index contributed by atoms with van der Waals surface area (Å²) in [7, 11) is -3.30. The van der Waals surface area contributed by atoms with Gasteiger partial charge in [0.05, 0.1) is 17.4 Å². The van der Waals surface area contributed by atoms with Crippen LogP contribution in [0.4, 0.5) is 0 Å². The van der Waals surface area contributed by atoms with Crippen molar-refractivity contribution in [2.45, 2.75) is 24.6 Å². The molecular formula is C15H19N3O2S. The highest BCUT2D eigenvalue weighted by Crippen LogP contribution is 2.29. The summed E-state index contributed by atoms with van der Waals surface area (Å²) in [6.07, 6.45) is 2.05. The van der Waals surface area contributed by atoms with Crippen LogP contribution in [0.15, 0.2) is 24.3 Å². The van der Waals surface area contributed by atoms with E-state index < -0.39 is 10.0 Å². The molecule has 3 rings (SSSR count). The Labute approximate surface area is 125 Å². The normalized spacial score (nSPS) is 26.2. The summed E-state index contributed by atoms with van der Waals surface area (Å²) in [6.45, 7) is 2.31. The maximum Gasteiger partial charge on any atom is 0.218 e. The van der Waals surface area contributed by atoms with Crippen LogP contribution in [0, 0.1) is 17.2 Å². The molecule has 0 aliphatic carbocycles. The molecule has 2 unspecified atom stereocenters. The molecule has 0 radical (unpaired) electrons. The molecule has 0 bridgehead atoms. The quantitative estimate of drug-likeness (QED) is 0.906. The van der Waals surface area contributed by atoms with E-state index in [2.05, 4.69) is 5.32 Å². The lowest BCUT2D eigenvalue weighted by Gasteiger charge is -2.36. The summed E-state index contributed by atoms with van der Waals surface area (Å²) >= 11 is 0. The van der Waals surface area contributed by atoms with E-state index in [1.54, 1.807) is 28.6 Å². The lowest BCUT2D eigenvalue weighted by atomic mass is 9.94. The molecule has 0 saturated carbocycles. The van der Waals surface area contributed by atoms with Crippen LogP contribution in [-0.4, -0.2) is 38.4 Å². The summed E-state index contributed by atoms with van der Waals surface area (Å²) in [5.41, 5.74) is 1.29. The van der Waals surface area contributed by atoms with E-state index in [-0.39, 0.29) is 11.8 Å². The fourth-order valence-electron chi connectivity index (χ4n) is 3.34. The van der Waals surface area contributed by atoms with Crippen molar-refractivity contribution in [3.63, 3.8) is 0 Å². The maximum absolute atomic E-state index is 12.7. The number of hydrogen-bond donors (Lipinski definition) is 1. The van der Waals surface area contributed by atoms with Crippen molar-refractivity contribution in [2.24, 2.45) is 5.92 Å². The van der Waals surface area contributed by atoms with Crippen LogP contribution < -0.4 is 5.32 Å². The molecule has 0 amide bonds. The molecule has 0 spiro atoms. The molecule has 5 nitrogen and oxygen atoms in total. The number of hydrogen-bond acceptors (Lipinski definition) is 4. The summed E-state index contributed by atoms with van der Waals surface area (Å²) in [6, 6.07) is 8.94. The minimum absolute atomic E-state index is 0.0158. The second-order valence-electron chi connectivity index (χ2n) is 5.80. The molecular weight excluding hydrogens is 286 g/mol. The highest BCUT2D eigenvalue weighted by atomic mass is 32.2. The van der Waals surface area contributed by atoms with Crippen LogP contribution in [-0.2, 0) is 15.8 Å². The van der Waals surface area contributed by atoms with Crippen molar-refractivity contribution in [3.05, 3.63) is 35.4 Å². The number of nitrogens with zero attached hydrogens (tertiary/aromatic N) is 2. The number of nitriles is 1. The number of rotatable bonds is 3. The highest BCUT2D eigenvalue weighted by Gasteiger charge is 2.40. The molecule has 21 heavy (non-hydrogen) atoms. The van der Waals surface area contributed by atoms with Gasteiger partial charge in [-0.15, -0.1) is 0 Å². The first-order valence-electron chi connectivity index (χ1n) is 7.29. The average Bonchev–Trinajstić information content (AvgIpc) is 2.95. The van der Waals surface area contributed by atoms with Gasteiger partial charge in [0.2, 0.25) is 10.0 Å². The van der Waals surface area contributed by atoms with Gasteiger partial charge in [-0.3, -0.25) is 0 Å². The third kappa shape index (κ3) is 2.95. The highest BCUT2D eigenvalue weighted by molar-refractivity contribution is 7.88. The molecule has 0 aromatic heterocycles. The van der Waals surface area contributed by atoms with Crippen LogP contribution in [0.25, 0.3) is 0 Å².